The molecule has 0 aliphatic heterocycles. The maximum atomic E-state index is 11.6. The second-order valence-corrected chi connectivity index (χ2v) is 5.31. The zero-order chi connectivity index (χ0) is 14.5. The molecule has 2 N–H and O–H groups in total. The van der Waals surface area contributed by atoms with Gasteiger partial charge in [-0.2, -0.15) is 0 Å². The largest absolute Gasteiger partial charge is 0.459 e. The Kier molecular flexibility index (Phi) is 12.2. The zero-order valence-corrected chi connectivity index (χ0v) is 13.0. The molecule has 0 saturated heterocycles. The molecule has 0 aliphatic rings. The molecular weight excluding hydrogens is 262 g/mol. The predicted octanol–water partition coefficient (Wildman–Crippen LogP) is 3.32. The van der Waals surface area contributed by atoms with E-state index in [4.69, 9.17) is 22.9 Å². The number of hydrogen-bond donors (Lipinski definition) is 1. The van der Waals surface area contributed by atoms with E-state index in [9.17, 15) is 4.79 Å². The molecule has 5 heteroatoms. The lowest BCUT2D eigenvalue weighted by molar-refractivity contribution is -0.140. The molecule has 0 saturated carbocycles. The van der Waals surface area contributed by atoms with Crippen molar-refractivity contribution < 1.29 is 14.4 Å². The van der Waals surface area contributed by atoms with Gasteiger partial charge in [-0.05, 0) is 19.8 Å². The molecule has 0 aliphatic carbocycles. The molecule has 0 fully saturated rings. The lowest BCUT2D eigenvalue weighted by Gasteiger charge is -2.13. The number of carbonyl (C=O) groups excluding carboxylic acids is 1. The molecule has 0 radical (unpaired) electrons. The molecule has 0 aromatic heterocycles. The van der Waals surface area contributed by atoms with Crippen LogP contribution in [0.25, 0.3) is 0 Å². The summed E-state index contributed by atoms with van der Waals surface area (Å²) in [5, 5.41) is 0. The van der Waals surface area contributed by atoms with Gasteiger partial charge in [-0.15, -0.1) is 0 Å². The van der Waals surface area contributed by atoms with Crippen LogP contribution in [0.4, 0.5) is 0 Å². The van der Waals surface area contributed by atoms with Crippen LogP contribution in [0.3, 0.4) is 0 Å². The fraction of sp³-hybridized carbons (Fsp3) is 0.857. The number of hydrogen-bond acceptors (Lipinski definition) is 5. The summed E-state index contributed by atoms with van der Waals surface area (Å²) in [5.74, 6) is 4.47. The number of thiocarbonyl (C=S) groups is 1. The molecule has 0 heterocycles. The molecule has 112 valence electrons. The topological polar surface area (TPSA) is 61.5 Å². The van der Waals surface area contributed by atoms with Crippen LogP contribution in [-0.2, 0) is 14.4 Å². The third kappa shape index (κ3) is 11.0. The highest BCUT2D eigenvalue weighted by Gasteiger charge is 2.14. The van der Waals surface area contributed by atoms with Gasteiger partial charge >= 0.3 is 5.97 Å². The number of esters is 1. The highest BCUT2D eigenvalue weighted by Crippen LogP contribution is 2.10. The Bertz CT molecular complexity index is 259. The van der Waals surface area contributed by atoms with E-state index in [0.29, 0.717) is 6.42 Å². The summed E-state index contributed by atoms with van der Waals surface area (Å²) in [6.45, 7) is 4.37. The molecule has 0 aromatic rings. The Morgan fingerprint density at radius 1 is 1.21 bits per heavy atom. The fourth-order valence-corrected chi connectivity index (χ4v) is 1.90. The van der Waals surface area contributed by atoms with Gasteiger partial charge in [0.25, 0.3) is 0 Å². The smallest absolute Gasteiger partial charge is 0.345 e. The van der Waals surface area contributed by atoms with Crippen LogP contribution >= 0.6 is 12.2 Å². The number of carbonyl (C=O) groups is 1. The second-order valence-electron chi connectivity index (χ2n) is 4.82. The Morgan fingerprint density at radius 2 is 1.84 bits per heavy atom. The van der Waals surface area contributed by atoms with Gasteiger partial charge < -0.3 is 9.57 Å². The van der Waals surface area contributed by atoms with Gasteiger partial charge in [0.2, 0.25) is 0 Å². The van der Waals surface area contributed by atoms with Crippen molar-refractivity contribution in [1.29, 1.82) is 0 Å². The summed E-state index contributed by atoms with van der Waals surface area (Å²) < 4.78 is 5.26. The minimum Gasteiger partial charge on any atom is -0.459 e. The fourth-order valence-electron chi connectivity index (χ4n) is 1.77. The van der Waals surface area contributed by atoms with Crippen LogP contribution in [0, 0.1) is 0 Å². The van der Waals surface area contributed by atoms with Crippen LogP contribution < -0.4 is 5.90 Å². The number of rotatable bonds is 12. The molecule has 0 rings (SSSR count). The molecule has 0 aromatic carbocycles. The van der Waals surface area contributed by atoms with Crippen LogP contribution in [0.15, 0.2) is 0 Å². The van der Waals surface area contributed by atoms with E-state index in [2.05, 4.69) is 11.8 Å². The van der Waals surface area contributed by atoms with E-state index in [0.717, 1.165) is 12.8 Å². The summed E-state index contributed by atoms with van der Waals surface area (Å²) in [4.78, 5) is 16.2. The third-order valence-electron chi connectivity index (χ3n) is 2.95. The van der Waals surface area contributed by atoms with Crippen molar-refractivity contribution in [3.05, 3.63) is 0 Å². The maximum absolute atomic E-state index is 11.6. The zero-order valence-electron chi connectivity index (χ0n) is 12.2. The van der Waals surface area contributed by atoms with Gasteiger partial charge in [0, 0.05) is 6.42 Å². The van der Waals surface area contributed by atoms with Crippen molar-refractivity contribution in [2.45, 2.75) is 71.3 Å². The summed E-state index contributed by atoms with van der Waals surface area (Å²) in [7, 11) is 0. The Labute approximate surface area is 122 Å². The van der Waals surface area contributed by atoms with E-state index >= 15 is 0 Å². The standard InChI is InChI=1S/C14H27NO3S/c1-3-4-5-6-7-8-9-12(2)18-14(16)13(19)10-11-17-15/h12H,3-11,15H2,1-2H3. The average molecular weight is 289 g/mol. The Hall–Kier alpha value is -0.520. The first kappa shape index (κ1) is 18.5. The monoisotopic (exact) mass is 289 g/mol. The van der Waals surface area contributed by atoms with Crippen LogP contribution in [0.1, 0.15) is 65.2 Å². The van der Waals surface area contributed by atoms with Gasteiger partial charge in [-0.3, -0.25) is 0 Å². The predicted molar refractivity (Wildman–Crippen MR) is 80.9 cm³/mol. The van der Waals surface area contributed by atoms with Crippen LogP contribution in [0.5, 0.6) is 0 Å². The van der Waals surface area contributed by atoms with Crippen molar-refractivity contribution >= 4 is 23.1 Å². The molecule has 1 atom stereocenters. The quantitative estimate of drug-likeness (QED) is 0.258. The third-order valence-corrected chi connectivity index (χ3v) is 3.32. The minimum atomic E-state index is -0.412. The molecule has 1 unspecified atom stereocenters. The first-order valence-corrected chi connectivity index (χ1v) is 7.58. The van der Waals surface area contributed by atoms with Crippen molar-refractivity contribution in [2.24, 2.45) is 5.90 Å². The average Bonchev–Trinajstić information content (AvgIpc) is 2.39. The summed E-state index contributed by atoms with van der Waals surface area (Å²) in [6.07, 6.45) is 8.59. The maximum Gasteiger partial charge on any atom is 0.345 e. The summed E-state index contributed by atoms with van der Waals surface area (Å²) in [5.41, 5.74) is 0. The van der Waals surface area contributed by atoms with Crippen LogP contribution in [-0.4, -0.2) is 23.5 Å². The van der Waals surface area contributed by atoms with E-state index < -0.39 is 5.97 Å². The van der Waals surface area contributed by atoms with Crippen molar-refractivity contribution in [2.75, 3.05) is 6.61 Å². The molecule has 0 bridgehead atoms. The van der Waals surface area contributed by atoms with E-state index in [1.807, 2.05) is 6.92 Å². The molecule has 19 heavy (non-hydrogen) atoms. The molecule has 4 nitrogen and oxygen atoms in total. The van der Waals surface area contributed by atoms with Gasteiger partial charge in [0.1, 0.15) is 4.86 Å². The second kappa shape index (κ2) is 12.5. The van der Waals surface area contributed by atoms with E-state index in [1.54, 1.807) is 0 Å². The molecule has 0 amide bonds. The van der Waals surface area contributed by atoms with Crippen LogP contribution in [0.2, 0.25) is 0 Å². The lowest BCUT2D eigenvalue weighted by atomic mass is 10.1. The van der Waals surface area contributed by atoms with Gasteiger partial charge in [-0.1, -0.05) is 51.2 Å². The normalized spacial score (nSPS) is 12.2. The number of ether oxygens (including phenoxy) is 1. The van der Waals surface area contributed by atoms with Gasteiger partial charge in [-0.25, -0.2) is 10.7 Å². The number of unbranched alkanes of at least 4 members (excludes halogenated alkanes) is 5. The van der Waals surface area contributed by atoms with E-state index in [-0.39, 0.29) is 17.6 Å². The van der Waals surface area contributed by atoms with E-state index in [1.165, 1.54) is 32.1 Å². The molecule has 0 spiro atoms. The number of nitrogens with two attached hydrogens (primary N) is 1. The highest BCUT2D eigenvalue weighted by atomic mass is 32.1. The Morgan fingerprint density at radius 3 is 2.47 bits per heavy atom. The van der Waals surface area contributed by atoms with Crippen molar-refractivity contribution in [3.8, 4) is 0 Å². The first-order chi connectivity index (χ1) is 9.11. The van der Waals surface area contributed by atoms with Gasteiger partial charge in [0.05, 0.1) is 12.7 Å². The summed E-state index contributed by atoms with van der Waals surface area (Å²) in [6, 6.07) is 0. The van der Waals surface area contributed by atoms with Crippen molar-refractivity contribution in [1.82, 2.24) is 0 Å². The SMILES string of the molecule is CCCCCCCCC(C)OC(=O)C(=S)CCON. The summed E-state index contributed by atoms with van der Waals surface area (Å²) >= 11 is 4.93. The Balaban J connectivity index is 3.59. The minimum absolute atomic E-state index is 0.0737. The lowest BCUT2D eigenvalue weighted by Crippen LogP contribution is -2.22. The van der Waals surface area contributed by atoms with Crippen molar-refractivity contribution in [3.63, 3.8) is 0 Å². The molecular formula is C14H27NO3S. The van der Waals surface area contributed by atoms with Gasteiger partial charge in [0.15, 0.2) is 0 Å². The highest BCUT2D eigenvalue weighted by molar-refractivity contribution is 7.82. The first-order valence-electron chi connectivity index (χ1n) is 7.17.